The van der Waals surface area contributed by atoms with Gasteiger partial charge >= 0.3 is 11.7 Å². The highest BCUT2D eigenvalue weighted by molar-refractivity contribution is 7.59. The average molecular weight is 563 g/mol. The van der Waals surface area contributed by atoms with Gasteiger partial charge < -0.3 is 9.64 Å². The van der Waals surface area contributed by atoms with Crippen molar-refractivity contribution in [2.24, 2.45) is 0 Å². The van der Waals surface area contributed by atoms with Crippen LogP contribution in [0.25, 0.3) is 5.69 Å². The zero-order valence-corrected chi connectivity index (χ0v) is 23.7. The Morgan fingerprint density at radius 1 is 0.875 bits per heavy atom. The summed E-state index contributed by atoms with van der Waals surface area (Å²) in [5, 5.41) is 0. The summed E-state index contributed by atoms with van der Waals surface area (Å²) < 4.78 is 22.8. The molecule has 0 aliphatic carbocycles. The first-order valence-electron chi connectivity index (χ1n) is 13.3. The molecule has 1 aromatic heterocycles. The molecule has 2 atom stereocenters. The van der Waals surface area contributed by atoms with Crippen molar-refractivity contribution in [3.63, 3.8) is 0 Å². The van der Waals surface area contributed by atoms with E-state index < -0.39 is 12.1 Å². The van der Waals surface area contributed by atoms with Gasteiger partial charge in [-0.25, -0.2) is 14.0 Å². The molecule has 0 amide bonds. The molecule has 5 rings (SSSR count). The highest BCUT2D eigenvalue weighted by atomic mass is 32.1. The molecule has 0 bridgehead atoms. The zero-order chi connectivity index (χ0) is 27.4. The minimum atomic E-state index is -0.426. The first kappa shape index (κ1) is 29.2. The maximum Gasteiger partial charge on any atom is 0.333 e. The predicted octanol–water partition coefficient (Wildman–Crippen LogP) is 4.93. The third-order valence-corrected chi connectivity index (χ3v) is 7.37. The Bertz CT molecular complexity index is 1460. The van der Waals surface area contributed by atoms with Crippen molar-refractivity contribution in [3.8, 4) is 5.69 Å². The Balaban J connectivity index is 0.00000370. The maximum atomic E-state index is 14.3. The molecule has 40 heavy (non-hydrogen) atoms. The van der Waals surface area contributed by atoms with Gasteiger partial charge in [-0.05, 0) is 49.7 Å². The number of esters is 1. The van der Waals surface area contributed by atoms with Gasteiger partial charge in [0.15, 0.2) is 0 Å². The number of anilines is 1. The summed E-state index contributed by atoms with van der Waals surface area (Å²) in [6, 6.07) is 23.3. The second kappa shape index (κ2) is 13.0. The number of nitrogens with zero attached hydrogens (tertiary/aromatic N) is 4. The topological polar surface area (TPSA) is 59.7 Å². The fourth-order valence-electron chi connectivity index (χ4n) is 5.26. The number of carbonyl (C=O) groups is 1. The third kappa shape index (κ3) is 6.00. The van der Waals surface area contributed by atoms with Crippen LogP contribution < -0.4 is 10.6 Å². The number of ether oxygens (including phenoxy) is 1. The highest BCUT2D eigenvalue weighted by Crippen LogP contribution is 2.26. The third-order valence-electron chi connectivity index (χ3n) is 7.37. The molecule has 0 unspecified atom stereocenters. The van der Waals surface area contributed by atoms with Crippen molar-refractivity contribution in [3.05, 3.63) is 119 Å². The lowest BCUT2D eigenvalue weighted by atomic mass is 10.0. The van der Waals surface area contributed by atoms with Gasteiger partial charge in [0.1, 0.15) is 11.9 Å². The summed E-state index contributed by atoms with van der Waals surface area (Å²) in [5.41, 5.74) is 2.99. The van der Waals surface area contributed by atoms with Crippen LogP contribution in [0.2, 0.25) is 0 Å². The van der Waals surface area contributed by atoms with E-state index in [-0.39, 0.29) is 31.0 Å². The number of hydrogen-bond acceptors (Lipinski definition) is 5. The number of carbonyl (C=O) groups excluding carboxylic acids is 1. The van der Waals surface area contributed by atoms with Crippen molar-refractivity contribution >= 4 is 25.2 Å². The quantitative estimate of drug-likeness (QED) is 0.285. The molecule has 0 spiro atoms. The van der Waals surface area contributed by atoms with Crippen LogP contribution in [-0.2, 0) is 9.53 Å². The Hall–Kier alpha value is -3.82. The van der Waals surface area contributed by atoms with Crippen molar-refractivity contribution in [1.82, 2.24) is 14.0 Å². The van der Waals surface area contributed by atoms with Crippen LogP contribution >= 0.6 is 13.5 Å². The van der Waals surface area contributed by atoms with E-state index in [1.807, 2.05) is 68.4 Å². The fraction of sp³-hybridized carbons (Fsp3) is 0.290. The molecule has 0 radical (unpaired) electrons. The lowest BCUT2D eigenvalue weighted by molar-refractivity contribution is -0.150. The van der Waals surface area contributed by atoms with E-state index in [1.54, 1.807) is 35.2 Å². The van der Waals surface area contributed by atoms with Crippen LogP contribution in [0.1, 0.15) is 37.1 Å². The zero-order valence-electron chi connectivity index (χ0n) is 22.7. The molecule has 1 saturated heterocycles. The number of piperazine rings is 1. The summed E-state index contributed by atoms with van der Waals surface area (Å²) in [5.74, 6) is -0.547. The van der Waals surface area contributed by atoms with Crippen molar-refractivity contribution < 1.29 is 13.9 Å². The first-order chi connectivity index (χ1) is 19.0. The van der Waals surface area contributed by atoms with Gasteiger partial charge in [-0.15, -0.1) is 0 Å². The molecule has 2 heterocycles. The van der Waals surface area contributed by atoms with Crippen molar-refractivity contribution in [2.75, 3.05) is 37.7 Å². The van der Waals surface area contributed by atoms with E-state index >= 15 is 0 Å². The Kier molecular flexibility index (Phi) is 9.50. The summed E-state index contributed by atoms with van der Waals surface area (Å²) >= 11 is 0. The number of benzene rings is 3. The molecule has 3 aromatic carbocycles. The normalized spacial score (nSPS) is 15.2. The second-order valence-corrected chi connectivity index (χ2v) is 9.66. The van der Waals surface area contributed by atoms with Gasteiger partial charge in [-0.3, -0.25) is 14.0 Å². The van der Waals surface area contributed by atoms with Gasteiger partial charge in [-0.1, -0.05) is 48.5 Å². The predicted molar refractivity (Wildman–Crippen MR) is 160 cm³/mol. The molecule has 7 nitrogen and oxygen atoms in total. The molecule has 1 aliphatic rings. The molecule has 0 N–H and O–H groups in total. The first-order valence-corrected chi connectivity index (χ1v) is 13.3. The van der Waals surface area contributed by atoms with Crippen LogP contribution in [0.15, 0.2) is 96.1 Å². The molecular weight excluding hydrogens is 527 g/mol. The number of rotatable bonds is 8. The lowest BCUT2D eigenvalue weighted by Crippen LogP contribution is -2.49. The van der Waals surface area contributed by atoms with E-state index in [4.69, 9.17) is 4.74 Å². The van der Waals surface area contributed by atoms with Gasteiger partial charge in [0.25, 0.3) is 0 Å². The summed E-state index contributed by atoms with van der Waals surface area (Å²) in [7, 11) is 0. The molecule has 1 aliphatic heterocycles. The standard InChI is InChI=1S/C31H33FN4O3.H2S/c1-3-39-30(37)29(24-9-5-4-6-10-24)34-19-17-33(18-20-34)25-13-15-26(16-14-25)36-22-21-35(31(36)38)23(2)27-11-7-8-12-28(27)32;/h4-16,21-23,29H,3,17-20H2,1-2H3;1H2/t23-,29+;/m0./s1. The largest absolute Gasteiger partial charge is 0.465 e. The Morgan fingerprint density at radius 2 is 1.50 bits per heavy atom. The minimum absolute atomic E-state index is 0. The molecule has 9 heteroatoms. The van der Waals surface area contributed by atoms with E-state index in [9.17, 15) is 14.0 Å². The highest BCUT2D eigenvalue weighted by Gasteiger charge is 2.31. The SMILES string of the molecule is CCOC(=O)[C@@H](c1ccccc1)N1CCN(c2ccc(-n3ccn([C@@H](C)c4ccccc4F)c3=O)cc2)CC1.S. The maximum absolute atomic E-state index is 14.3. The molecule has 0 saturated carbocycles. The molecule has 4 aromatic rings. The minimum Gasteiger partial charge on any atom is -0.465 e. The van der Waals surface area contributed by atoms with E-state index in [0.29, 0.717) is 12.2 Å². The van der Waals surface area contributed by atoms with Crippen LogP contribution in [0, 0.1) is 5.82 Å². The summed E-state index contributed by atoms with van der Waals surface area (Å²) in [6.45, 7) is 6.96. The van der Waals surface area contributed by atoms with Crippen molar-refractivity contribution in [1.29, 1.82) is 0 Å². The van der Waals surface area contributed by atoms with Gasteiger partial charge in [0.05, 0.1) is 18.3 Å². The molecule has 210 valence electrons. The van der Waals surface area contributed by atoms with E-state index in [2.05, 4.69) is 9.80 Å². The molecule has 1 fully saturated rings. The number of halogens is 1. The monoisotopic (exact) mass is 562 g/mol. The Labute approximate surface area is 240 Å². The summed E-state index contributed by atoms with van der Waals surface area (Å²) in [4.78, 5) is 30.4. The van der Waals surface area contributed by atoms with Gasteiger partial charge in [0, 0.05) is 49.8 Å². The summed E-state index contributed by atoms with van der Waals surface area (Å²) in [6.07, 6.45) is 3.41. The van der Waals surface area contributed by atoms with E-state index in [0.717, 1.165) is 43.1 Å². The van der Waals surface area contributed by atoms with Gasteiger partial charge in [-0.2, -0.15) is 13.5 Å². The van der Waals surface area contributed by atoms with Crippen LogP contribution in [-0.4, -0.2) is 52.8 Å². The average Bonchev–Trinajstić information content (AvgIpc) is 3.35. The van der Waals surface area contributed by atoms with Gasteiger partial charge in [0.2, 0.25) is 0 Å². The van der Waals surface area contributed by atoms with Crippen LogP contribution in [0.4, 0.5) is 10.1 Å². The number of imidazole rings is 1. The Morgan fingerprint density at radius 3 is 2.15 bits per heavy atom. The fourth-order valence-corrected chi connectivity index (χ4v) is 5.26. The second-order valence-electron chi connectivity index (χ2n) is 9.66. The smallest absolute Gasteiger partial charge is 0.333 e. The van der Waals surface area contributed by atoms with Crippen molar-refractivity contribution in [2.45, 2.75) is 25.9 Å². The van der Waals surface area contributed by atoms with E-state index in [1.165, 1.54) is 10.6 Å². The number of hydrogen-bond donors (Lipinski definition) is 0. The van der Waals surface area contributed by atoms with Crippen LogP contribution in [0.3, 0.4) is 0 Å². The van der Waals surface area contributed by atoms with Crippen LogP contribution in [0.5, 0.6) is 0 Å². The molecular formula is C31H35FN4O3S. The lowest BCUT2D eigenvalue weighted by Gasteiger charge is -2.39. The number of aromatic nitrogens is 2.